The molecule has 16 heavy (non-hydrogen) atoms. The maximum atomic E-state index is 3.56. The van der Waals surface area contributed by atoms with Crippen molar-refractivity contribution in [3.8, 4) is 0 Å². The molecule has 1 nitrogen and oxygen atoms in total. The van der Waals surface area contributed by atoms with E-state index < -0.39 is 0 Å². The second-order valence-electron chi connectivity index (χ2n) is 5.10. The van der Waals surface area contributed by atoms with Crippen LogP contribution in [0.1, 0.15) is 19.4 Å². The Morgan fingerprint density at radius 3 is 2.25 bits per heavy atom. The molecule has 1 aromatic rings. The molecule has 0 spiro atoms. The first kappa shape index (κ1) is 14.2. The fourth-order valence-electron chi connectivity index (χ4n) is 1.73. The Labute approximate surface area is 115 Å². The van der Waals surface area contributed by atoms with E-state index in [1.807, 2.05) is 0 Å². The van der Waals surface area contributed by atoms with Crippen LogP contribution < -0.4 is 0 Å². The Morgan fingerprint density at radius 1 is 1.19 bits per heavy atom. The zero-order valence-corrected chi connectivity index (χ0v) is 13.3. The van der Waals surface area contributed by atoms with Crippen molar-refractivity contribution in [2.24, 2.45) is 5.41 Å². The highest BCUT2D eigenvalue weighted by Gasteiger charge is 2.18. The Kier molecular flexibility index (Phi) is 5.48. The molecular weight excluding hydrogens is 330 g/mol. The average molecular weight is 349 g/mol. The van der Waals surface area contributed by atoms with Crippen LogP contribution in [-0.4, -0.2) is 23.8 Å². The van der Waals surface area contributed by atoms with Crippen LogP contribution in [0.15, 0.2) is 28.7 Å². The van der Waals surface area contributed by atoms with Gasteiger partial charge in [0, 0.05) is 22.9 Å². The van der Waals surface area contributed by atoms with Crippen LogP contribution in [0.25, 0.3) is 0 Å². The summed E-state index contributed by atoms with van der Waals surface area (Å²) in [7, 11) is 2.17. The van der Waals surface area contributed by atoms with Crippen LogP contribution in [0.5, 0.6) is 0 Å². The molecule has 90 valence electrons. The van der Waals surface area contributed by atoms with Crippen LogP contribution in [0.3, 0.4) is 0 Å². The predicted octanol–water partition coefficient (Wildman–Crippen LogP) is 4.30. The summed E-state index contributed by atoms with van der Waals surface area (Å²) < 4.78 is 1.14. The molecule has 0 heterocycles. The number of nitrogens with zero attached hydrogens (tertiary/aromatic N) is 1. The number of halogens is 2. The SMILES string of the molecule is CN(Cc1ccc(Br)cc1)CC(C)(C)CBr. The van der Waals surface area contributed by atoms with Gasteiger partial charge in [-0.25, -0.2) is 0 Å². The van der Waals surface area contributed by atoms with E-state index in [9.17, 15) is 0 Å². The summed E-state index contributed by atoms with van der Waals surface area (Å²) in [5.74, 6) is 0. The normalized spacial score (nSPS) is 12.1. The minimum atomic E-state index is 0.324. The van der Waals surface area contributed by atoms with Gasteiger partial charge in [-0.05, 0) is 30.2 Å². The molecule has 3 heteroatoms. The van der Waals surface area contributed by atoms with Crippen LogP contribution in [0.4, 0.5) is 0 Å². The molecule has 0 bridgehead atoms. The largest absolute Gasteiger partial charge is 0.302 e. The Bertz CT molecular complexity index is 319. The minimum absolute atomic E-state index is 0.324. The second kappa shape index (κ2) is 6.18. The van der Waals surface area contributed by atoms with Crippen molar-refractivity contribution in [1.29, 1.82) is 0 Å². The molecule has 0 radical (unpaired) electrons. The van der Waals surface area contributed by atoms with E-state index in [0.717, 1.165) is 22.9 Å². The summed E-state index contributed by atoms with van der Waals surface area (Å²) in [4.78, 5) is 2.37. The van der Waals surface area contributed by atoms with Crippen molar-refractivity contribution in [1.82, 2.24) is 4.90 Å². The number of hydrogen-bond acceptors (Lipinski definition) is 1. The van der Waals surface area contributed by atoms with E-state index >= 15 is 0 Å². The van der Waals surface area contributed by atoms with Gasteiger partial charge in [-0.2, -0.15) is 0 Å². The van der Waals surface area contributed by atoms with Crippen LogP contribution in [-0.2, 0) is 6.54 Å². The molecule has 0 saturated heterocycles. The van der Waals surface area contributed by atoms with Gasteiger partial charge in [0.25, 0.3) is 0 Å². The highest BCUT2D eigenvalue weighted by Crippen LogP contribution is 2.20. The van der Waals surface area contributed by atoms with E-state index in [1.54, 1.807) is 0 Å². The molecule has 0 aromatic heterocycles. The summed E-state index contributed by atoms with van der Waals surface area (Å²) in [6.45, 7) is 6.65. The van der Waals surface area contributed by atoms with Crippen LogP contribution >= 0.6 is 31.9 Å². The predicted molar refractivity (Wildman–Crippen MR) is 78.1 cm³/mol. The summed E-state index contributed by atoms with van der Waals surface area (Å²) in [6, 6.07) is 8.53. The summed E-state index contributed by atoms with van der Waals surface area (Å²) >= 11 is 7.01. The van der Waals surface area contributed by atoms with E-state index in [1.165, 1.54) is 5.56 Å². The smallest absolute Gasteiger partial charge is 0.0230 e. The lowest BCUT2D eigenvalue weighted by Crippen LogP contribution is -2.32. The zero-order chi connectivity index (χ0) is 12.2. The second-order valence-corrected chi connectivity index (χ2v) is 6.57. The lowest BCUT2D eigenvalue weighted by Gasteiger charge is -2.28. The lowest BCUT2D eigenvalue weighted by molar-refractivity contribution is 0.226. The molecule has 1 aromatic carbocycles. The molecule has 0 unspecified atom stereocenters. The van der Waals surface area contributed by atoms with Crippen molar-refractivity contribution >= 4 is 31.9 Å². The average Bonchev–Trinajstić information content (AvgIpc) is 2.21. The van der Waals surface area contributed by atoms with Gasteiger partial charge in [0.2, 0.25) is 0 Å². The lowest BCUT2D eigenvalue weighted by atomic mass is 9.96. The van der Waals surface area contributed by atoms with Crippen LogP contribution in [0.2, 0.25) is 0 Å². The van der Waals surface area contributed by atoms with Gasteiger partial charge in [-0.3, -0.25) is 0 Å². The molecule has 0 N–H and O–H groups in total. The number of benzene rings is 1. The third-order valence-electron chi connectivity index (χ3n) is 2.43. The van der Waals surface area contributed by atoms with Crippen molar-refractivity contribution in [3.63, 3.8) is 0 Å². The maximum Gasteiger partial charge on any atom is 0.0230 e. The maximum absolute atomic E-state index is 3.56. The topological polar surface area (TPSA) is 3.24 Å². The molecule has 0 amide bonds. The Hall–Kier alpha value is 0.140. The monoisotopic (exact) mass is 347 g/mol. The standard InChI is InChI=1S/C13H19Br2N/c1-13(2,9-14)10-16(3)8-11-4-6-12(15)7-5-11/h4-7H,8-10H2,1-3H3. The van der Waals surface area contributed by atoms with Gasteiger partial charge in [0.1, 0.15) is 0 Å². The number of rotatable bonds is 5. The van der Waals surface area contributed by atoms with Gasteiger partial charge in [0.05, 0.1) is 0 Å². The Balaban J connectivity index is 2.51. The molecule has 0 atom stereocenters. The molecular formula is C13H19Br2N. The third-order valence-corrected chi connectivity index (χ3v) is 4.47. The van der Waals surface area contributed by atoms with Crippen molar-refractivity contribution in [3.05, 3.63) is 34.3 Å². The van der Waals surface area contributed by atoms with Crippen molar-refractivity contribution in [2.75, 3.05) is 18.9 Å². The van der Waals surface area contributed by atoms with Crippen LogP contribution in [0, 0.1) is 5.41 Å². The molecule has 0 aliphatic heterocycles. The van der Waals surface area contributed by atoms with Crippen molar-refractivity contribution in [2.45, 2.75) is 20.4 Å². The van der Waals surface area contributed by atoms with E-state index in [2.05, 4.69) is 81.9 Å². The molecule has 0 saturated carbocycles. The van der Waals surface area contributed by atoms with Gasteiger partial charge in [-0.1, -0.05) is 57.8 Å². The fourth-order valence-corrected chi connectivity index (χ4v) is 2.17. The summed E-state index contributed by atoms with van der Waals surface area (Å²) in [5.41, 5.74) is 1.68. The quantitative estimate of drug-likeness (QED) is 0.717. The molecule has 0 fully saturated rings. The van der Waals surface area contributed by atoms with E-state index in [4.69, 9.17) is 0 Å². The first-order valence-corrected chi connectivity index (χ1v) is 7.33. The molecule has 0 aliphatic rings. The van der Waals surface area contributed by atoms with Gasteiger partial charge < -0.3 is 4.90 Å². The number of alkyl halides is 1. The molecule has 0 aliphatic carbocycles. The van der Waals surface area contributed by atoms with Crippen molar-refractivity contribution < 1.29 is 0 Å². The Morgan fingerprint density at radius 2 is 1.75 bits per heavy atom. The van der Waals surface area contributed by atoms with E-state index in [-0.39, 0.29) is 0 Å². The van der Waals surface area contributed by atoms with Gasteiger partial charge >= 0.3 is 0 Å². The number of hydrogen-bond donors (Lipinski definition) is 0. The minimum Gasteiger partial charge on any atom is -0.302 e. The highest BCUT2D eigenvalue weighted by atomic mass is 79.9. The summed E-state index contributed by atoms with van der Waals surface area (Å²) in [6.07, 6.45) is 0. The van der Waals surface area contributed by atoms with Gasteiger partial charge in [0.15, 0.2) is 0 Å². The third kappa shape index (κ3) is 4.98. The highest BCUT2D eigenvalue weighted by molar-refractivity contribution is 9.10. The zero-order valence-electron chi connectivity index (χ0n) is 10.1. The van der Waals surface area contributed by atoms with Gasteiger partial charge in [-0.15, -0.1) is 0 Å². The first-order chi connectivity index (χ1) is 7.43. The summed E-state index contributed by atoms with van der Waals surface area (Å²) in [5, 5.41) is 1.03. The molecule has 1 rings (SSSR count). The first-order valence-electron chi connectivity index (χ1n) is 5.42. The van der Waals surface area contributed by atoms with E-state index in [0.29, 0.717) is 5.41 Å². The fraction of sp³-hybridized carbons (Fsp3) is 0.538.